The van der Waals surface area contributed by atoms with Crippen LogP contribution in [0, 0.1) is 20.8 Å². The van der Waals surface area contributed by atoms with E-state index in [0.29, 0.717) is 12.6 Å². The lowest BCUT2D eigenvalue weighted by atomic mass is 10.1. The lowest BCUT2D eigenvalue weighted by Gasteiger charge is -2.25. The molecule has 0 bridgehead atoms. The average Bonchev–Trinajstić information content (AvgIpc) is 2.50. The normalized spacial score (nSPS) is 15.5. The number of rotatable bonds is 2. The van der Waals surface area contributed by atoms with E-state index in [-0.39, 0.29) is 0 Å². The van der Waals surface area contributed by atoms with Gasteiger partial charge in [-0.15, -0.1) is 0 Å². The molecule has 1 aliphatic heterocycles. The summed E-state index contributed by atoms with van der Waals surface area (Å²) < 4.78 is 0. The van der Waals surface area contributed by atoms with Crippen LogP contribution in [0.15, 0.2) is 17.1 Å². The van der Waals surface area contributed by atoms with Gasteiger partial charge < -0.3 is 5.32 Å². The van der Waals surface area contributed by atoms with E-state index in [2.05, 4.69) is 63.4 Å². The van der Waals surface area contributed by atoms with Crippen molar-refractivity contribution in [1.29, 1.82) is 0 Å². The molecule has 0 unspecified atom stereocenters. The molecule has 0 aliphatic carbocycles. The zero-order valence-electron chi connectivity index (χ0n) is 13.6. The topological polar surface area (TPSA) is 65.4 Å². The first-order chi connectivity index (χ1) is 10.6. The van der Waals surface area contributed by atoms with E-state index in [0.717, 1.165) is 35.8 Å². The third-order valence-electron chi connectivity index (χ3n) is 4.08. The highest BCUT2D eigenvalue weighted by Gasteiger charge is 2.12. The molecule has 22 heavy (non-hydrogen) atoms. The van der Waals surface area contributed by atoms with E-state index in [1.54, 1.807) is 0 Å². The number of aryl methyl sites for hydroxylation is 3. The quantitative estimate of drug-likeness (QED) is 0.889. The van der Waals surface area contributed by atoms with Gasteiger partial charge in [0, 0.05) is 5.39 Å². The van der Waals surface area contributed by atoms with Crippen LogP contribution in [-0.4, -0.2) is 40.7 Å². The lowest BCUT2D eigenvalue weighted by molar-refractivity contribution is 0.279. The third kappa shape index (κ3) is 2.87. The molecule has 2 heterocycles. The van der Waals surface area contributed by atoms with Crippen LogP contribution in [0.1, 0.15) is 23.7 Å². The Labute approximate surface area is 130 Å². The van der Waals surface area contributed by atoms with Crippen molar-refractivity contribution in [2.24, 2.45) is 4.99 Å². The van der Waals surface area contributed by atoms with Gasteiger partial charge in [0.15, 0.2) is 0 Å². The summed E-state index contributed by atoms with van der Waals surface area (Å²) >= 11 is 0. The molecule has 0 amide bonds. The number of nitrogens with one attached hydrogen (secondary N) is 2. The monoisotopic (exact) mass is 298 g/mol. The van der Waals surface area contributed by atoms with Gasteiger partial charge in [0.25, 0.3) is 0 Å². The number of nitrogens with zero attached hydrogens (tertiary/aromatic N) is 4. The molecule has 0 atom stereocenters. The van der Waals surface area contributed by atoms with Crippen molar-refractivity contribution < 1.29 is 0 Å². The van der Waals surface area contributed by atoms with E-state index in [1.807, 2.05) is 6.92 Å². The fraction of sp³-hybridized carbons (Fsp3) is 0.438. The summed E-state index contributed by atoms with van der Waals surface area (Å²) in [6.07, 6.45) is 0. The van der Waals surface area contributed by atoms with E-state index >= 15 is 0 Å². The van der Waals surface area contributed by atoms with Crippen molar-refractivity contribution in [3.8, 4) is 0 Å². The standard InChI is InChI=1S/C16H22N6/c1-5-22-8-17-15(18-9-22)21-16-19-12(4)13-6-10(2)11(3)7-14(13)20-16/h6-7H,5,8-9H2,1-4H3,(H2,17,18,19,20,21). The Balaban J connectivity index is 1.89. The summed E-state index contributed by atoms with van der Waals surface area (Å²) in [4.78, 5) is 15.8. The first kappa shape index (κ1) is 14.7. The molecule has 6 heteroatoms. The number of aliphatic imine (C=N–C) groups is 1. The molecule has 0 fully saturated rings. The van der Waals surface area contributed by atoms with E-state index in [9.17, 15) is 0 Å². The summed E-state index contributed by atoms with van der Waals surface area (Å²) in [5.74, 6) is 1.32. The van der Waals surface area contributed by atoms with E-state index < -0.39 is 0 Å². The van der Waals surface area contributed by atoms with Crippen molar-refractivity contribution >= 4 is 22.8 Å². The third-order valence-corrected chi connectivity index (χ3v) is 4.08. The van der Waals surface area contributed by atoms with Crippen LogP contribution < -0.4 is 10.6 Å². The van der Waals surface area contributed by atoms with Crippen molar-refractivity contribution in [1.82, 2.24) is 20.2 Å². The molecule has 1 aliphatic rings. The van der Waals surface area contributed by atoms with E-state index in [4.69, 9.17) is 0 Å². The fourth-order valence-corrected chi connectivity index (χ4v) is 2.46. The molecule has 116 valence electrons. The minimum Gasteiger partial charge on any atom is -0.343 e. The highest BCUT2D eigenvalue weighted by Crippen LogP contribution is 2.21. The number of fused-ring (bicyclic) bond motifs is 1. The van der Waals surface area contributed by atoms with Crippen LogP contribution in [0.3, 0.4) is 0 Å². The largest absolute Gasteiger partial charge is 0.343 e. The summed E-state index contributed by atoms with van der Waals surface area (Å²) in [6.45, 7) is 10.8. The van der Waals surface area contributed by atoms with Gasteiger partial charge in [0.2, 0.25) is 11.9 Å². The Morgan fingerprint density at radius 2 is 1.95 bits per heavy atom. The van der Waals surface area contributed by atoms with Gasteiger partial charge in [-0.2, -0.15) is 0 Å². The number of anilines is 1. The maximum atomic E-state index is 4.61. The van der Waals surface area contributed by atoms with Crippen LogP contribution in [0.4, 0.5) is 5.95 Å². The molecule has 3 rings (SSSR count). The number of benzene rings is 1. The Hall–Kier alpha value is -2.21. The molecule has 0 saturated heterocycles. The SMILES string of the molecule is CCN1CN=C(Nc2nc(C)c3cc(C)c(C)cc3n2)NC1. The molecular weight excluding hydrogens is 276 g/mol. The van der Waals surface area contributed by atoms with Crippen LogP contribution >= 0.6 is 0 Å². The predicted octanol–water partition coefficient (Wildman–Crippen LogP) is 2.16. The van der Waals surface area contributed by atoms with E-state index in [1.165, 1.54) is 11.1 Å². The summed E-state index contributed by atoms with van der Waals surface area (Å²) in [6, 6.07) is 4.26. The van der Waals surface area contributed by atoms with Crippen LogP contribution in [0.2, 0.25) is 0 Å². The van der Waals surface area contributed by atoms with Crippen molar-refractivity contribution in [3.63, 3.8) is 0 Å². The zero-order valence-corrected chi connectivity index (χ0v) is 13.6. The second-order valence-corrected chi connectivity index (χ2v) is 5.68. The molecule has 2 N–H and O–H groups in total. The molecule has 0 saturated carbocycles. The fourth-order valence-electron chi connectivity index (χ4n) is 2.46. The van der Waals surface area contributed by atoms with Crippen molar-refractivity contribution in [3.05, 3.63) is 29.0 Å². The lowest BCUT2D eigenvalue weighted by Crippen LogP contribution is -2.45. The minimum absolute atomic E-state index is 0.587. The van der Waals surface area contributed by atoms with Crippen LogP contribution in [0.5, 0.6) is 0 Å². The second-order valence-electron chi connectivity index (χ2n) is 5.68. The highest BCUT2D eigenvalue weighted by molar-refractivity contribution is 5.93. The Morgan fingerprint density at radius 3 is 2.64 bits per heavy atom. The van der Waals surface area contributed by atoms with Gasteiger partial charge in [0.05, 0.1) is 24.5 Å². The number of hydrogen-bond acceptors (Lipinski definition) is 6. The Kier molecular flexibility index (Phi) is 3.94. The molecule has 0 spiro atoms. The molecule has 2 aromatic rings. The zero-order chi connectivity index (χ0) is 15.7. The molecule has 1 aromatic carbocycles. The number of aromatic nitrogens is 2. The van der Waals surface area contributed by atoms with Crippen molar-refractivity contribution in [2.75, 3.05) is 25.2 Å². The molecular formula is C16H22N6. The summed E-state index contributed by atoms with van der Waals surface area (Å²) in [5, 5.41) is 7.53. The number of hydrogen-bond donors (Lipinski definition) is 2. The molecule has 6 nitrogen and oxygen atoms in total. The summed E-state index contributed by atoms with van der Waals surface area (Å²) in [7, 11) is 0. The van der Waals surface area contributed by atoms with Crippen LogP contribution in [0.25, 0.3) is 10.9 Å². The number of guanidine groups is 1. The highest BCUT2D eigenvalue weighted by atomic mass is 15.4. The Morgan fingerprint density at radius 1 is 1.18 bits per heavy atom. The first-order valence-corrected chi connectivity index (χ1v) is 7.60. The van der Waals surface area contributed by atoms with Crippen molar-refractivity contribution in [2.45, 2.75) is 27.7 Å². The average molecular weight is 298 g/mol. The summed E-state index contributed by atoms with van der Waals surface area (Å²) in [5.41, 5.74) is 4.44. The first-order valence-electron chi connectivity index (χ1n) is 7.60. The van der Waals surface area contributed by atoms with Gasteiger partial charge in [-0.3, -0.25) is 10.2 Å². The van der Waals surface area contributed by atoms with Gasteiger partial charge in [-0.1, -0.05) is 6.92 Å². The second kappa shape index (κ2) is 5.88. The maximum Gasteiger partial charge on any atom is 0.230 e. The predicted molar refractivity (Wildman–Crippen MR) is 90.1 cm³/mol. The maximum absolute atomic E-state index is 4.61. The minimum atomic E-state index is 0.587. The van der Waals surface area contributed by atoms with Gasteiger partial charge in [0.1, 0.15) is 0 Å². The van der Waals surface area contributed by atoms with Gasteiger partial charge in [-0.05, 0) is 50.6 Å². The molecule has 0 radical (unpaired) electrons. The smallest absolute Gasteiger partial charge is 0.230 e. The van der Waals surface area contributed by atoms with Gasteiger partial charge >= 0.3 is 0 Å². The Bertz CT molecular complexity index is 737. The van der Waals surface area contributed by atoms with Gasteiger partial charge in [-0.25, -0.2) is 15.0 Å². The van der Waals surface area contributed by atoms with Crippen LogP contribution in [-0.2, 0) is 0 Å². The molecule has 1 aromatic heterocycles.